The van der Waals surface area contributed by atoms with Crippen LogP contribution in [0.2, 0.25) is 5.02 Å². The van der Waals surface area contributed by atoms with Crippen molar-refractivity contribution in [3.05, 3.63) is 136 Å². The monoisotopic (exact) mass is 692 g/mol. The van der Waals surface area contributed by atoms with Gasteiger partial charge in [-0.25, -0.2) is 0 Å². The molecule has 4 aromatic rings. The highest BCUT2D eigenvalue weighted by Gasteiger charge is 2.38. The van der Waals surface area contributed by atoms with Crippen molar-refractivity contribution in [3.8, 4) is 5.75 Å². The summed E-state index contributed by atoms with van der Waals surface area (Å²) in [7, 11) is 0. The summed E-state index contributed by atoms with van der Waals surface area (Å²) >= 11 is 6.43. The fraction of sp³-hybridized carbons (Fsp3) is 0.390. The summed E-state index contributed by atoms with van der Waals surface area (Å²) in [6, 6.07) is 31.6. The highest BCUT2D eigenvalue weighted by Crippen LogP contribution is 2.40. The van der Waals surface area contributed by atoms with Crippen LogP contribution in [0.25, 0.3) is 0 Å². The molecular formula is C41H48ClF3N2O2. The van der Waals surface area contributed by atoms with Crippen LogP contribution >= 0.6 is 11.6 Å². The molecule has 0 unspecified atom stereocenters. The van der Waals surface area contributed by atoms with E-state index in [9.17, 15) is 18.0 Å². The Labute approximate surface area is 294 Å². The van der Waals surface area contributed by atoms with E-state index in [-0.39, 0.29) is 23.9 Å². The Hall–Kier alpha value is -3.81. The number of alkyl halides is 3. The maximum Gasteiger partial charge on any atom is 0.417 e. The number of unbranched alkanes of at least 4 members (excludes halogenated alkanes) is 5. The van der Waals surface area contributed by atoms with Gasteiger partial charge in [-0.2, -0.15) is 13.2 Å². The number of nitrogens with one attached hydrogen (secondary N) is 1. The predicted octanol–water partition coefficient (Wildman–Crippen LogP) is 10.6. The summed E-state index contributed by atoms with van der Waals surface area (Å²) in [5.41, 5.74) is 1.76. The van der Waals surface area contributed by atoms with Gasteiger partial charge in [0.05, 0.1) is 29.2 Å². The van der Waals surface area contributed by atoms with Crippen molar-refractivity contribution in [3.63, 3.8) is 0 Å². The molecule has 4 rings (SSSR count). The third-order valence-electron chi connectivity index (χ3n) is 9.01. The fourth-order valence-corrected chi connectivity index (χ4v) is 6.51. The number of ether oxygens (including phenoxy) is 1. The van der Waals surface area contributed by atoms with Gasteiger partial charge in [0.1, 0.15) is 5.75 Å². The molecule has 262 valence electrons. The number of amides is 1. The largest absolute Gasteiger partial charge is 0.494 e. The molecule has 4 nitrogen and oxygen atoms in total. The minimum atomic E-state index is -4.56. The number of rotatable bonds is 19. The van der Waals surface area contributed by atoms with Gasteiger partial charge >= 0.3 is 6.18 Å². The first-order chi connectivity index (χ1) is 23.6. The van der Waals surface area contributed by atoms with E-state index in [1.54, 1.807) is 6.07 Å². The Bertz CT molecular complexity index is 1540. The van der Waals surface area contributed by atoms with E-state index >= 15 is 0 Å². The molecule has 8 heteroatoms. The fourth-order valence-electron chi connectivity index (χ4n) is 6.22. The quantitative estimate of drug-likeness (QED) is 0.0995. The first kappa shape index (κ1) is 38.0. The molecule has 0 atom stereocenters. The van der Waals surface area contributed by atoms with Gasteiger partial charge in [-0.05, 0) is 60.2 Å². The second-order valence-corrected chi connectivity index (χ2v) is 13.0. The lowest BCUT2D eigenvalue weighted by atomic mass is 9.82. The summed E-state index contributed by atoms with van der Waals surface area (Å²) < 4.78 is 47.6. The molecule has 0 aliphatic carbocycles. The van der Waals surface area contributed by atoms with Crippen LogP contribution in [0, 0.1) is 0 Å². The van der Waals surface area contributed by atoms with Crippen LogP contribution < -0.4 is 10.1 Å². The summed E-state index contributed by atoms with van der Waals surface area (Å²) in [6.45, 7) is 6.06. The highest BCUT2D eigenvalue weighted by atomic mass is 35.5. The Kier molecular flexibility index (Phi) is 14.6. The van der Waals surface area contributed by atoms with Crippen LogP contribution in [0.3, 0.4) is 0 Å². The second kappa shape index (κ2) is 18.8. The van der Waals surface area contributed by atoms with E-state index in [1.807, 2.05) is 84.9 Å². The van der Waals surface area contributed by atoms with Crippen LogP contribution in [0.15, 0.2) is 103 Å². The zero-order valence-corrected chi connectivity index (χ0v) is 29.3. The first-order valence-corrected chi connectivity index (χ1v) is 17.7. The molecule has 1 N–H and O–H groups in total. The summed E-state index contributed by atoms with van der Waals surface area (Å²) in [5.74, 6) is 0.665. The lowest BCUT2D eigenvalue weighted by Gasteiger charge is -2.43. The summed E-state index contributed by atoms with van der Waals surface area (Å²) in [6.07, 6.45) is 3.37. The first-order valence-electron chi connectivity index (χ1n) is 17.3. The third-order valence-corrected chi connectivity index (χ3v) is 9.45. The van der Waals surface area contributed by atoms with Crippen LogP contribution in [0.1, 0.15) is 86.6 Å². The van der Waals surface area contributed by atoms with E-state index in [4.69, 9.17) is 16.3 Å². The average molecular weight is 693 g/mol. The second-order valence-electron chi connectivity index (χ2n) is 12.6. The molecule has 1 amide bonds. The third kappa shape index (κ3) is 11.1. The minimum Gasteiger partial charge on any atom is -0.494 e. The zero-order valence-electron chi connectivity index (χ0n) is 28.6. The molecule has 49 heavy (non-hydrogen) atoms. The van der Waals surface area contributed by atoms with Crippen LogP contribution in [0.4, 0.5) is 13.2 Å². The smallest absolute Gasteiger partial charge is 0.417 e. The number of hydrogen-bond acceptors (Lipinski definition) is 3. The molecule has 4 aromatic carbocycles. The Balaban J connectivity index is 1.46. The minimum absolute atomic E-state index is 0.00397. The lowest BCUT2D eigenvalue weighted by molar-refractivity contribution is -0.137. The van der Waals surface area contributed by atoms with Gasteiger partial charge in [-0.15, -0.1) is 0 Å². The highest BCUT2D eigenvalue weighted by molar-refractivity contribution is 6.32. The van der Waals surface area contributed by atoms with E-state index in [0.717, 1.165) is 35.6 Å². The van der Waals surface area contributed by atoms with Gasteiger partial charge < -0.3 is 10.1 Å². The molecule has 0 aliphatic rings. The maximum atomic E-state index is 13.8. The summed E-state index contributed by atoms with van der Waals surface area (Å²) in [5, 5.41) is 2.74. The summed E-state index contributed by atoms with van der Waals surface area (Å²) in [4.78, 5) is 14.7. The zero-order chi connectivity index (χ0) is 35.1. The predicted molar refractivity (Wildman–Crippen MR) is 193 cm³/mol. The molecule has 0 fully saturated rings. The normalized spacial score (nSPS) is 11.9. The van der Waals surface area contributed by atoms with Crippen LogP contribution in [0.5, 0.6) is 5.75 Å². The molecule has 0 saturated heterocycles. The lowest BCUT2D eigenvalue weighted by Crippen LogP contribution is -2.45. The number of carbonyl (C=O) groups excluding carboxylic acids is 1. The van der Waals surface area contributed by atoms with Crippen molar-refractivity contribution >= 4 is 17.5 Å². The van der Waals surface area contributed by atoms with Crippen molar-refractivity contribution < 1.29 is 22.7 Å². The maximum absolute atomic E-state index is 13.8. The van der Waals surface area contributed by atoms with Crippen molar-refractivity contribution in [2.75, 3.05) is 19.7 Å². The van der Waals surface area contributed by atoms with Crippen molar-refractivity contribution in [1.82, 2.24) is 10.2 Å². The average Bonchev–Trinajstić information content (AvgIpc) is 3.10. The number of halogens is 4. The SMILES string of the molecule is CCCCCCCCNC(=O)Cc1cccc(OCCCN(Cc2cccc(C(F)(F)F)c2Cl)C(C)(c2ccccc2)c2ccccc2)c1. The number of hydrogen-bond donors (Lipinski definition) is 1. The molecule has 0 heterocycles. The van der Waals surface area contributed by atoms with Crippen molar-refractivity contribution in [1.29, 1.82) is 0 Å². The van der Waals surface area contributed by atoms with Crippen LogP contribution in [-0.4, -0.2) is 30.5 Å². The molecule has 0 spiro atoms. The number of nitrogens with zero attached hydrogens (tertiary/aromatic N) is 1. The molecular weight excluding hydrogens is 645 g/mol. The standard InChI is InChI=1S/C41H48ClF3N2O2/c1-3-4-5-6-7-14-26-46-38(48)30-32-18-15-24-36(29-32)49-28-17-27-47(31-33-19-16-25-37(39(33)42)41(43,44)45)40(2,34-20-10-8-11-21-34)35-22-12-9-13-23-35/h8-13,15-16,18-25,29H,3-7,14,17,26-28,30-31H2,1-2H3,(H,46,48). The van der Waals surface area contributed by atoms with Gasteiger partial charge in [0.2, 0.25) is 5.91 Å². The van der Waals surface area contributed by atoms with Gasteiger partial charge in [0.15, 0.2) is 0 Å². The number of benzene rings is 4. The Morgan fingerprint density at radius 1 is 0.796 bits per heavy atom. The molecule has 0 saturated carbocycles. The van der Waals surface area contributed by atoms with E-state index in [1.165, 1.54) is 31.7 Å². The Morgan fingerprint density at radius 2 is 1.43 bits per heavy atom. The molecule has 0 radical (unpaired) electrons. The van der Waals surface area contributed by atoms with Gasteiger partial charge in [-0.3, -0.25) is 9.69 Å². The van der Waals surface area contributed by atoms with Crippen LogP contribution in [-0.2, 0) is 29.5 Å². The van der Waals surface area contributed by atoms with Gasteiger partial charge in [0.25, 0.3) is 0 Å². The number of carbonyl (C=O) groups is 1. The molecule has 0 aliphatic heterocycles. The van der Waals surface area contributed by atoms with Crippen molar-refractivity contribution in [2.24, 2.45) is 0 Å². The van der Waals surface area contributed by atoms with E-state index < -0.39 is 17.3 Å². The van der Waals surface area contributed by atoms with E-state index in [2.05, 4.69) is 24.1 Å². The van der Waals surface area contributed by atoms with Crippen molar-refractivity contribution in [2.45, 2.75) is 83.5 Å². The van der Waals surface area contributed by atoms with E-state index in [0.29, 0.717) is 37.4 Å². The topological polar surface area (TPSA) is 41.6 Å². The molecule has 0 bridgehead atoms. The van der Waals surface area contributed by atoms with Gasteiger partial charge in [0, 0.05) is 19.6 Å². The van der Waals surface area contributed by atoms with Gasteiger partial charge in [-0.1, -0.05) is 136 Å². The molecule has 0 aromatic heterocycles. The Morgan fingerprint density at radius 3 is 2.08 bits per heavy atom.